The fraction of sp³-hybridized carbons (Fsp3) is 0.622. The van der Waals surface area contributed by atoms with Gasteiger partial charge in [-0.05, 0) is 395 Å². The van der Waals surface area contributed by atoms with Crippen LogP contribution in [0, 0.1) is 58.7 Å². The Bertz CT molecular complexity index is 5660. The van der Waals surface area contributed by atoms with Crippen LogP contribution in [0.4, 0.5) is 0 Å². The first kappa shape index (κ1) is 102. The van der Waals surface area contributed by atoms with E-state index < -0.39 is 5.91 Å². The molecule has 139 heavy (non-hydrogen) atoms. The number of carbonyl (C=O) groups is 7. The van der Waals surface area contributed by atoms with Crippen LogP contribution in [0.3, 0.4) is 0 Å². The zero-order chi connectivity index (χ0) is 99.2. The Morgan fingerprint density at radius 1 is 0.374 bits per heavy atom. The summed E-state index contributed by atoms with van der Waals surface area (Å²) in [6, 6.07) is 39.1. The van der Waals surface area contributed by atoms with Gasteiger partial charge in [-0.2, -0.15) is 0 Å². The molecule has 16 aliphatic rings. The summed E-state index contributed by atoms with van der Waals surface area (Å²) in [4.78, 5) is 98.5. The van der Waals surface area contributed by atoms with Crippen molar-refractivity contribution in [3.05, 3.63) is 221 Å². The molecule has 6 heterocycles. The molecule has 0 radical (unpaired) electrons. The maximum Gasteiger partial charge on any atom is 0.248 e. The van der Waals surface area contributed by atoms with Crippen LogP contribution >= 0.6 is 0 Å². The Kier molecular flexibility index (Phi) is 29.4. The van der Waals surface area contributed by atoms with Crippen LogP contribution in [0.1, 0.15) is 353 Å². The normalized spacial score (nSPS) is 32.3. The number of rotatable bonds is 18. The lowest BCUT2D eigenvalue weighted by atomic mass is 9.52. The largest absolute Gasteiger partial charge is 0.383 e. The Balaban J connectivity index is 0.000000115. The number of nitrogens with two attached hydrogens (primary N) is 6. The average molecular weight is 1890 g/mol. The molecule has 20 nitrogen and oxygen atoms in total. The summed E-state index contributed by atoms with van der Waals surface area (Å²) in [6.45, 7) is 49.2. The number of primary amides is 6. The number of carbonyl (C=O) groups excluding carboxylic acids is 7. The van der Waals surface area contributed by atoms with Crippen molar-refractivity contribution in [2.24, 2.45) is 93.1 Å². The van der Waals surface area contributed by atoms with Gasteiger partial charge in [0.25, 0.3) is 0 Å². The third-order valence-electron chi connectivity index (χ3n) is 39.7. The molecule has 10 fully saturated rings. The van der Waals surface area contributed by atoms with Crippen LogP contribution in [-0.4, -0.2) is 199 Å². The number of fused-ring (bicyclic) bond motifs is 21. The summed E-state index contributed by atoms with van der Waals surface area (Å²) in [5.41, 5.74) is 55.1. The van der Waals surface area contributed by atoms with Gasteiger partial charge in [0.05, 0.1) is 12.6 Å². The minimum atomic E-state index is -0.426. The van der Waals surface area contributed by atoms with E-state index in [9.17, 15) is 33.6 Å². The highest BCUT2D eigenvalue weighted by molar-refractivity contribution is 6.05. The summed E-state index contributed by atoms with van der Waals surface area (Å²) in [7, 11) is 1.76. The van der Waals surface area contributed by atoms with Gasteiger partial charge in [0, 0.05) is 121 Å². The number of ether oxygens (including phenoxy) is 1. The third-order valence-corrected chi connectivity index (χ3v) is 39.7. The second-order valence-corrected chi connectivity index (χ2v) is 48.9. The van der Waals surface area contributed by atoms with Gasteiger partial charge in [0.1, 0.15) is 0 Å². The van der Waals surface area contributed by atoms with Crippen LogP contribution in [0.15, 0.2) is 121 Å². The van der Waals surface area contributed by atoms with E-state index in [0.29, 0.717) is 92.0 Å². The Morgan fingerprint density at radius 3 is 1.11 bits per heavy atom. The first-order chi connectivity index (χ1) is 66.0. The predicted molar refractivity (Wildman–Crippen MR) is 557 cm³/mol. The topological polar surface area (TPSA) is 304 Å². The van der Waals surface area contributed by atoms with Crippen molar-refractivity contribution in [1.82, 2.24) is 29.4 Å². The SMILES string of the molecule is CC(C)=CCN1CC[C@]2(C)c3cc(C(N)=O)ccc3C[C@@H]1[C@@H]2C.COCCN1CC[C@@]2(C)c3cc(C(N)=O)ccc3C[C@@H]1[C@@H]2C.C[C@H]1[C@H]2C(=O)c3ccc(C(N)=O)cc3[C@@]1(C)CCN2CC1CC1.C[C@H]1[C@H]2Cc3ccc(C(N)=O)cc3[C@]1(C)CCN2CC(C)(C)C.C[C@H]1[C@H]2Cc3ccc(C(N)=O)cc3[C@]1(C)CCN2CC1CCC1.NC(=O)c1ccc2c(c1)[C@@]13CCCCC1[C@@H](C2)N(CC1CCC1)CC3. The van der Waals surface area contributed by atoms with E-state index in [2.05, 4.69) is 194 Å². The molecule has 12 bridgehead atoms. The van der Waals surface area contributed by atoms with E-state index in [1.54, 1.807) is 13.2 Å². The van der Waals surface area contributed by atoms with Crippen LogP contribution in [0.2, 0.25) is 0 Å². The van der Waals surface area contributed by atoms with Crippen molar-refractivity contribution in [3.63, 3.8) is 0 Å². The number of nitrogens with zero attached hydrogens (tertiary/aromatic N) is 6. The van der Waals surface area contributed by atoms with E-state index in [0.717, 1.165) is 151 Å². The van der Waals surface area contributed by atoms with Gasteiger partial charge in [0.2, 0.25) is 35.4 Å². The summed E-state index contributed by atoms with van der Waals surface area (Å²) in [6.07, 6.45) is 31.3. The first-order valence-corrected chi connectivity index (χ1v) is 53.7. The van der Waals surface area contributed by atoms with E-state index in [1.165, 1.54) is 184 Å². The maximum atomic E-state index is 13.1. The van der Waals surface area contributed by atoms with Gasteiger partial charge < -0.3 is 39.1 Å². The molecular formula is C119H166N12O8. The number of hydrogen-bond donors (Lipinski definition) is 6. The molecule has 18 atom stereocenters. The smallest absolute Gasteiger partial charge is 0.248 e. The Morgan fingerprint density at radius 2 is 0.705 bits per heavy atom. The number of Topliss-reactive ketones (excluding diaryl/α,β-unsaturated/α-hetero) is 1. The number of allylic oxidation sites excluding steroid dienone is 1. The van der Waals surface area contributed by atoms with E-state index in [1.807, 2.05) is 48.5 Å². The second kappa shape index (κ2) is 40.1. The summed E-state index contributed by atoms with van der Waals surface area (Å²) in [5.74, 6) is 4.31. The lowest BCUT2D eigenvalue weighted by Crippen LogP contribution is -2.61. The molecule has 6 aromatic carbocycles. The van der Waals surface area contributed by atoms with Crippen molar-refractivity contribution in [3.8, 4) is 0 Å². The maximum absolute atomic E-state index is 13.1. The van der Waals surface area contributed by atoms with Crippen LogP contribution in [0.25, 0.3) is 0 Å². The standard InChI is InChI=1S/C22H30N2O.C20H28N2O.C20H30N2O.C20H28N2O.C19H24N2O2.C18H26N2O2/c23-21(25)17-8-7-16-13-20-18-6-1-2-9-22(18,19(16)12-17)10-11-24(20)14-15-4-3-5-15;1-13-18-11-15-6-7-16(19(21)23)10-17(15)20(13,2)8-9-22(18)12-14-4-3-5-14;1-13-17-11-14-6-7-15(18(21)23)10-16(14)20(13,5)8-9-22(17)12-19(2,3)4;1-13(2)7-9-22-10-8-20(4)14(3)18(22)12-15-5-6-16(19(21)23)11-17(15)20;1-11-16-17(22)14-6-5-13(18(20)23)9-15(14)19(11,2)7-8-21(16)10-12-3-4-12;1-12-16-11-13-4-5-14(17(19)21)10-15(13)18(12,2)6-7-20(16)8-9-22-3/h7-8,12,15,18,20H,1-6,9-11,13-14H2,(H2,23,25);6-7,10,13-14,18H,3-5,8-9,11-12H2,1-2H3,(H2,21,23);6-7,10,13,17H,8-9,11-12H2,1-5H3,(H2,21,23);5-7,11,14,18H,8-10,12H2,1-4H3,(H2,21,23);5-6,9,11-12,16H,3-4,7-8,10H2,1-2H3,(H2,20,23);4-5,10,12,16H,6-9,11H2,1-3H3,(H2,19,21)/t18?,20-,22-;13-,18+,20+;13-,17+,20+;14-,18+,20-;11-,16-,19-;12-,16+,18+/m100000/s1. The molecule has 6 saturated heterocycles. The van der Waals surface area contributed by atoms with Gasteiger partial charge in [-0.1, -0.05) is 164 Å². The molecule has 1 unspecified atom stereocenters. The second-order valence-electron chi connectivity index (χ2n) is 48.9. The zero-order valence-electron chi connectivity index (χ0n) is 87.0. The lowest BCUT2D eigenvalue weighted by Gasteiger charge is -2.59. The highest BCUT2D eigenvalue weighted by Gasteiger charge is 2.58. The van der Waals surface area contributed by atoms with Gasteiger partial charge in [0.15, 0.2) is 5.78 Å². The molecule has 750 valence electrons. The monoisotopic (exact) mass is 1890 g/mol. The number of benzene rings is 6. The van der Waals surface area contributed by atoms with Crippen molar-refractivity contribution in [2.75, 3.05) is 92.3 Å². The summed E-state index contributed by atoms with van der Waals surface area (Å²) in [5, 5.41) is 0. The van der Waals surface area contributed by atoms with Crippen LogP contribution in [-0.2, 0) is 69.3 Å². The highest BCUT2D eigenvalue weighted by atomic mass is 16.5. The molecular weight excluding hydrogens is 1730 g/mol. The molecule has 6 aromatic rings. The van der Waals surface area contributed by atoms with Crippen molar-refractivity contribution < 1.29 is 38.3 Å². The Hall–Kier alpha value is -8.73. The summed E-state index contributed by atoms with van der Waals surface area (Å²) >= 11 is 0. The van der Waals surface area contributed by atoms with E-state index in [4.69, 9.17) is 39.1 Å². The lowest BCUT2D eigenvalue weighted by molar-refractivity contribution is -0.0240. The zero-order valence-corrected chi connectivity index (χ0v) is 87.0. The van der Waals surface area contributed by atoms with Crippen LogP contribution < -0.4 is 34.4 Å². The molecule has 20 heteroatoms. The first-order valence-electron chi connectivity index (χ1n) is 53.7. The number of amides is 6. The molecule has 0 aromatic heterocycles. The van der Waals surface area contributed by atoms with Crippen molar-refractivity contribution >= 4 is 41.2 Å². The van der Waals surface area contributed by atoms with E-state index >= 15 is 0 Å². The molecule has 0 spiro atoms. The number of likely N-dealkylation sites (tertiary alicyclic amines) is 6. The molecule has 6 amide bonds. The predicted octanol–water partition coefficient (Wildman–Crippen LogP) is 17.7. The number of methoxy groups -OCH3 is 1. The van der Waals surface area contributed by atoms with E-state index in [-0.39, 0.29) is 74.4 Å². The molecule has 6 aliphatic heterocycles. The van der Waals surface area contributed by atoms with Crippen LogP contribution in [0.5, 0.6) is 0 Å². The van der Waals surface area contributed by atoms with Gasteiger partial charge in [-0.25, -0.2) is 0 Å². The highest BCUT2D eigenvalue weighted by Crippen LogP contribution is 2.59. The quantitative estimate of drug-likeness (QED) is 0.0436. The fourth-order valence-electron chi connectivity index (χ4n) is 29.5. The fourth-order valence-corrected chi connectivity index (χ4v) is 29.5. The van der Waals surface area contributed by atoms with Crippen molar-refractivity contribution in [2.45, 2.75) is 320 Å². The number of piperidine rings is 6. The molecule has 4 saturated carbocycles. The molecule has 10 aliphatic carbocycles. The number of hydrogen-bond acceptors (Lipinski definition) is 14. The average Bonchev–Trinajstić information content (AvgIpc) is 1.52. The minimum absolute atomic E-state index is 0.0127. The van der Waals surface area contributed by atoms with Gasteiger partial charge in [-0.15, -0.1) is 0 Å². The molecule has 12 N–H and O–H groups in total. The van der Waals surface area contributed by atoms with Crippen molar-refractivity contribution in [1.29, 1.82) is 0 Å². The summed E-state index contributed by atoms with van der Waals surface area (Å²) < 4.78 is 5.26. The van der Waals surface area contributed by atoms with Gasteiger partial charge in [-0.3, -0.25) is 63.0 Å². The Labute approximate surface area is 830 Å². The minimum Gasteiger partial charge on any atom is -0.383 e. The number of ketones is 1. The third kappa shape index (κ3) is 19.7. The molecule has 22 rings (SSSR count). The van der Waals surface area contributed by atoms with Gasteiger partial charge >= 0.3 is 0 Å².